The van der Waals surface area contributed by atoms with Gasteiger partial charge < -0.3 is 15.3 Å². The second-order valence-electron chi connectivity index (χ2n) is 7.83. The molecule has 1 aromatic heterocycles. The summed E-state index contributed by atoms with van der Waals surface area (Å²) in [5.41, 5.74) is 5.27. The number of aryl methyl sites for hydroxylation is 1. The van der Waals surface area contributed by atoms with Crippen LogP contribution >= 0.6 is 0 Å². The van der Waals surface area contributed by atoms with Crippen molar-refractivity contribution in [2.75, 3.05) is 13.1 Å². The summed E-state index contributed by atoms with van der Waals surface area (Å²) in [5, 5.41) is 19.7. The third-order valence-corrected chi connectivity index (χ3v) is 5.94. The highest BCUT2D eigenvalue weighted by atomic mass is 16.3. The lowest BCUT2D eigenvalue weighted by molar-refractivity contribution is 0.125. The Morgan fingerprint density at radius 3 is 2.86 bits per heavy atom. The van der Waals surface area contributed by atoms with Gasteiger partial charge in [-0.1, -0.05) is 12.1 Å². The summed E-state index contributed by atoms with van der Waals surface area (Å²) in [4.78, 5) is 6.79. The van der Waals surface area contributed by atoms with Crippen LogP contribution in [-0.4, -0.2) is 44.9 Å². The van der Waals surface area contributed by atoms with Gasteiger partial charge in [-0.3, -0.25) is 4.68 Å². The lowest BCUT2D eigenvalue weighted by Gasteiger charge is -2.36. The zero-order valence-corrected chi connectivity index (χ0v) is 16.3. The molecule has 4 heterocycles. The molecule has 1 fully saturated rings. The Kier molecular flexibility index (Phi) is 4.18. The minimum Gasteiger partial charge on any atom is -0.369 e. The molecule has 1 aromatic carbocycles. The molecule has 5 rings (SSSR count). The fourth-order valence-corrected chi connectivity index (χ4v) is 4.36. The van der Waals surface area contributed by atoms with Crippen molar-refractivity contribution in [3.63, 3.8) is 0 Å². The first-order valence-electron chi connectivity index (χ1n) is 9.90. The lowest BCUT2D eigenvalue weighted by atomic mass is 9.87. The number of aliphatic hydroxyl groups is 1. The molecular weight excluding hydrogens is 350 g/mol. The SMILES string of the molecule is CC1=CC(C2CCNCC2)=CN2C1=NC(c1ccc3c(cnn3C)c1)=CC2O. The van der Waals surface area contributed by atoms with Gasteiger partial charge in [0.2, 0.25) is 0 Å². The number of aliphatic imine (C=N–C) groups is 1. The zero-order chi connectivity index (χ0) is 19.3. The van der Waals surface area contributed by atoms with E-state index in [-0.39, 0.29) is 0 Å². The number of amidine groups is 1. The molecule has 0 spiro atoms. The van der Waals surface area contributed by atoms with E-state index >= 15 is 0 Å². The Balaban J connectivity index is 1.48. The van der Waals surface area contributed by atoms with E-state index in [9.17, 15) is 5.11 Å². The van der Waals surface area contributed by atoms with Crippen LogP contribution in [0.25, 0.3) is 16.6 Å². The first-order valence-corrected chi connectivity index (χ1v) is 9.90. The maximum absolute atomic E-state index is 10.9. The van der Waals surface area contributed by atoms with Crippen LogP contribution in [0.4, 0.5) is 0 Å². The minimum atomic E-state index is -0.715. The number of aromatic nitrogens is 2. The van der Waals surface area contributed by atoms with Gasteiger partial charge in [0, 0.05) is 24.2 Å². The van der Waals surface area contributed by atoms with Crippen molar-refractivity contribution < 1.29 is 5.11 Å². The number of rotatable bonds is 2. The molecular formula is C22H25N5O. The number of benzene rings is 1. The molecule has 3 aliphatic rings. The molecule has 3 aliphatic heterocycles. The van der Waals surface area contributed by atoms with Crippen LogP contribution in [0.5, 0.6) is 0 Å². The van der Waals surface area contributed by atoms with E-state index in [4.69, 9.17) is 4.99 Å². The van der Waals surface area contributed by atoms with E-state index in [0.717, 1.165) is 59.5 Å². The fraction of sp³-hybridized carbons (Fsp3) is 0.364. The summed E-state index contributed by atoms with van der Waals surface area (Å²) < 4.78 is 1.86. The number of piperidine rings is 1. The summed E-state index contributed by atoms with van der Waals surface area (Å²) in [6, 6.07) is 6.18. The van der Waals surface area contributed by atoms with E-state index in [1.54, 1.807) is 0 Å². The standard InChI is InChI=1S/C22H25N5O/c1-14-9-18(15-5-7-23-8-6-15)13-27-21(28)11-19(25-22(14)27)16-3-4-20-17(10-16)12-24-26(20)2/h3-4,9-13,15,21,23,28H,5-8H2,1-2H3. The van der Waals surface area contributed by atoms with Gasteiger partial charge in [-0.25, -0.2) is 4.99 Å². The highest BCUT2D eigenvalue weighted by Gasteiger charge is 2.29. The number of nitrogens with zero attached hydrogens (tertiary/aromatic N) is 4. The molecule has 144 valence electrons. The van der Waals surface area contributed by atoms with Crippen molar-refractivity contribution in [1.29, 1.82) is 0 Å². The summed E-state index contributed by atoms with van der Waals surface area (Å²) >= 11 is 0. The second kappa shape index (κ2) is 6.72. The normalized spacial score (nSPS) is 23.1. The van der Waals surface area contributed by atoms with Crippen LogP contribution in [0.3, 0.4) is 0 Å². The number of hydrogen-bond acceptors (Lipinski definition) is 5. The number of aliphatic hydroxyl groups excluding tert-OH is 1. The van der Waals surface area contributed by atoms with Crippen LogP contribution in [0.2, 0.25) is 0 Å². The smallest absolute Gasteiger partial charge is 0.153 e. The lowest BCUT2D eigenvalue weighted by Crippen LogP contribution is -2.40. The van der Waals surface area contributed by atoms with Crippen molar-refractivity contribution in [2.45, 2.75) is 26.0 Å². The van der Waals surface area contributed by atoms with E-state index < -0.39 is 6.23 Å². The van der Waals surface area contributed by atoms with Gasteiger partial charge in [-0.05, 0) is 68.1 Å². The van der Waals surface area contributed by atoms with E-state index in [1.807, 2.05) is 35.0 Å². The summed E-state index contributed by atoms with van der Waals surface area (Å²) in [5.74, 6) is 1.37. The molecule has 0 saturated carbocycles. The predicted octanol–water partition coefficient (Wildman–Crippen LogP) is 2.79. The molecule has 0 amide bonds. The molecule has 1 atom stereocenters. The van der Waals surface area contributed by atoms with Gasteiger partial charge in [-0.15, -0.1) is 0 Å². The molecule has 0 bridgehead atoms. The molecule has 2 aromatic rings. The van der Waals surface area contributed by atoms with Gasteiger partial charge in [0.1, 0.15) is 5.84 Å². The van der Waals surface area contributed by atoms with E-state index in [0.29, 0.717) is 5.92 Å². The van der Waals surface area contributed by atoms with Gasteiger partial charge in [0.05, 0.1) is 17.4 Å². The van der Waals surface area contributed by atoms with Gasteiger partial charge >= 0.3 is 0 Å². The van der Waals surface area contributed by atoms with Crippen LogP contribution in [0.1, 0.15) is 25.3 Å². The van der Waals surface area contributed by atoms with Crippen molar-refractivity contribution in [3.05, 3.63) is 59.5 Å². The van der Waals surface area contributed by atoms with Gasteiger partial charge in [0.15, 0.2) is 6.23 Å². The average Bonchev–Trinajstić information content (AvgIpc) is 3.09. The van der Waals surface area contributed by atoms with Gasteiger partial charge in [-0.2, -0.15) is 5.10 Å². The molecule has 1 saturated heterocycles. The quantitative estimate of drug-likeness (QED) is 0.847. The fourth-order valence-electron chi connectivity index (χ4n) is 4.36. The van der Waals surface area contributed by atoms with E-state index in [2.05, 4.69) is 41.7 Å². The number of hydrogen-bond donors (Lipinski definition) is 2. The predicted molar refractivity (Wildman–Crippen MR) is 111 cm³/mol. The van der Waals surface area contributed by atoms with Crippen LogP contribution in [0.15, 0.2) is 58.9 Å². The Bertz CT molecular complexity index is 1050. The molecule has 28 heavy (non-hydrogen) atoms. The largest absolute Gasteiger partial charge is 0.369 e. The Hall–Kier alpha value is -2.70. The first kappa shape index (κ1) is 17.4. The summed E-state index contributed by atoms with van der Waals surface area (Å²) in [7, 11) is 1.94. The summed E-state index contributed by atoms with van der Waals surface area (Å²) in [6.07, 6.45) is 9.58. The number of fused-ring (bicyclic) bond motifs is 2. The zero-order valence-electron chi connectivity index (χ0n) is 16.3. The van der Waals surface area contributed by atoms with Crippen molar-refractivity contribution >= 4 is 22.4 Å². The molecule has 0 aliphatic carbocycles. The summed E-state index contributed by atoms with van der Waals surface area (Å²) in [6.45, 7) is 4.19. The Labute approximate surface area is 164 Å². The molecule has 6 heteroatoms. The third-order valence-electron chi connectivity index (χ3n) is 5.94. The maximum Gasteiger partial charge on any atom is 0.153 e. The topological polar surface area (TPSA) is 65.7 Å². The maximum atomic E-state index is 10.9. The molecule has 0 radical (unpaired) electrons. The molecule has 2 N–H and O–H groups in total. The third kappa shape index (κ3) is 2.89. The first-order chi connectivity index (χ1) is 13.6. The average molecular weight is 375 g/mol. The van der Waals surface area contributed by atoms with Crippen molar-refractivity contribution in [3.8, 4) is 0 Å². The van der Waals surface area contributed by atoms with E-state index in [1.165, 1.54) is 5.57 Å². The van der Waals surface area contributed by atoms with Crippen LogP contribution in [0, 0.1) is 5.92 Å². The highest BCUT2D eigenvalue weighted by Crippen LogP contribution is 2.33. The second-order valence-corrected chi connectivity index (χ2v) is 7.83. The van der Waals surface area contributed by atoms with Crippen LogP contribution < -0.4 is 5.32 Å². The molecule has 6 nitrogen and oxygen atoms in total. The van der Waals surface area contributed by atoms with Gasteiger partial charge in [0.25, 0.3) is 0 Å². The highest BCUT2D eigenvalue weighted by molar-refractivity contribution is 6.04. The van der Waals surface area contributed by atoms with Crippen LogP contribution in [-0.2, 0) is 7.05 Å². The van der Waals surface area contributed by atoms with Crippen molar-refractivity contribution in [1.82, 2.24) is 20.0 Å². The molecule has 1 unspecified atom stereocenters. The number of allylic oxidation sites excluding steroid dienone is 2. The minimum absolute atomic E-state index is 0.545. The number of nitrogens with one attached hydrogen (secondary N) is 1. The Morgan fingerprint density at radius 2 is 2.04 bits per heavy atom. The van der Waals surface area contributed by atoms with Crippen molar-refractivity contribution in [2.24, 2.45) is 18.0 Å². The monoisotopic (exact) mass is 375 g/mol. The Morgan fingerprint density at radius 1 is 1.21 bits per heavy atom.